The van der Waals surface area contributed by atoms with Gasteiger partial charge < -0.3 is 14.4 Å². The van der Waals surface area contributed by atoms with E-state index in [1.165, 1.54) is 0 Å². The van der Waals surface area contributed by atoms with Gasteiger partial charge in [-0.25, -0.2) is 9.78 Å². The molecule has 0 aliphatic rings. The zero-order valence-electron chi connectivity index (χ0n) is 11.0. The lowest BCUT2D eigenvalue weighted by Gasteiger charge is -2.04. The zero-order valence-corrected chi connectivity index (χ0v) is 11.0. The van der Waals surface area contributed by atoms with Crippen LogP contribution in [-0.2, 0) is 11.3 Å². The molecule has 1 aromatic heterocycles. The van der Waals surface area contributed by atoms with Gasteiger partial charge in [0, 0.05) is 20.3 Å². The molecule has 1 aromatic carbocycles. The number of fused-ring (bicyclic) bond motifs is 1. The van der Waals surface area contributed by atoms with E-state index >= 15 is 0 Å². The van der Waals surface area contributed by atoms with Crippen molar-refractivity contribution in [3.8, 4) is 0 Å². The van der Waals surface area contributed by atoms with Crippen LogP contribution in [0.1, 0.15) is 29.6 Å². The highest BCUT2D eigenvalue weighted by atomic mass is 16.5. The molecule has 2 aromatic rings. The van der Waals surface area contributed by atoms with Crippen molar-refractivity contribution in [1.82, 2.24) is 9.55 Å². The summed E-state index contributed by atoms with van der Waals surface area (Å²) in [7, 11) is 1.71. The molecule has 0 atom stereocenters. The van der Waals surface area contributed by atoms with Crippen molar-refractivity contribution in [2.75, 3.05) is 13.7 Å². The Bertz CT molecular complexity index is 563. The molecule has 0 amide bonds. The Balaban J connectivity index is 2.08. The monoisotopic (exact) mass is 262 g/mol. The van der Waals surface area contributed by atoms with Crippen LogP contribution in [0.2, 0.25) is 0 Å². The van der Waals surface area contributed by atoms with E-state index in [1.54, 1.807) is 25.6 Å². The van der Waals surface area contributed by atoms with Crippen molar-refractivity contribution in [3.05, 3.63) is 30.1 Å². The maximum Gasteiger partial charge on any atom is 0.337 e. The van der Waals surface area contributed by atoms with Crippen molar-refractivity contribution < 1.29 is 14.6 Å². The molecule has 1 N–H and O–H groups in total. The molecular formula is C14H18N2O3. The lowest BCUT2D eigenvalue weighted by molar-refractivity contribution is 0.0699. The quantitative estimate of drug-likeness (QED) is 0.779. The van der Waals surface area contributed by atoms with Gasteiger partial charge in [0.25, 0.3) is 0 Å². The molecule has 0 unspecified atom stereocenters. The largest absolute Gasteiger partial charge is 0.478 e. The van der Waals surface area contributed by atoms with Crippen LogP contribution in [0.3, 0.4) is 0 Å². The molecule has 19 heavy (non-hydrogen) atoms. The highest BCUT2D eigenvalue weighted by Crippen LogP contribution is 2.18. The van der Waals surface area contributed by atoms with Crippen molar-refractivity contribution >= 4 is 17.0 Å². The van der Waals surface area contributed by atoms with Gasteiger partial charge in [0.2, 0.25) is 0 Å². The SMILES string of the molecule is COCCCCCn1cnc2c(C(=O)O)cccc21. The van der Waals surface area contributed by atoms with E-state index in [1.807, 2.05) is 10.6 Å². The Morgan fingerprint density at radius 1 is 1.37 bits per heavy atom. The zero-order chi connectivity index (χ0) is 13.7. The van der Waals surface area contributed by atoms with Crippen LogP contribution < -0.4 is 0 Å². The van der Waals surface area contributed by atoms with Gasteiger partial charge in [-0.2, -0.15) is 0 Å². The Kier molecular flexibility index (Phi) is 4.52. The molecule has 0 bridgehead atoms. The molecule has 0 aliphatic heterocycles. The number of aromatic nitrogens is 2. The molecule has 0 aliphatic carbocycles. The first-order valence-corrected chi connectivity index (χ1v) is 6.40. The fraction of sp³-hybridized carbons (Fsp3) is 0.429. The number of rotatable bonds is 7. The summed E-state index contributed by atoms with van der Waals surface area (Å²) < 4.78 is 7.02. The third-order valence-corrected chi connectivity index (χ3v) is 3.13. The van der Waals surface area contributed by atoms with Gasteiger partial charge in [-0.15, -0.1) is 0 Å². The van der Waals surface area contributed by atoms with E-state index in [0.717, 1.165) is 37.9 Å². The number of nitrogens with zero attached hydrogens (tertiary/aromatic N) is 2. The Morgan fingerprint density at radius 2 is 2.21 bits per heavy atom. The number of para-hydroxylation sites is 1. The van der Waals surface area contributed by atoms with E-state index in [-0.39, 0.29) is 5.56 Å². The van der Waals surface area contributed by atoms with Crippen LogP contribution >= 0.6 is 0 Å². The van der Waals surface area contributed by atoms with Crippen molar-refractivity contribution in [2.24, 2.45) is 0 Å². The number of aromatic carboxylic acids is 1. The molecule has 102 valence electrons. The number of carboxylic acid groups (broad SMARTS) is 1. The summed E-state index contributed by atoms with van der Waals surface area (Å²) in [6.45, 7) is 1.64. The minimum Gasteiger partial charge on any atom is -0.478 e. The molecular weight excluding hydrogens is 244 g/mol. The maximum absolute atomic E-state index is 11.1. The Labute approximate surface area is 111 Å². The topological polar surface area (TPSA) is 64.4 Å². The van der Waals surface area contributed by atoms with Gasteiger partial charge in [0.15, 0.2) is 0 Å². The van der Waals surface area contributed by atoms with Gasteiger partial charge in [-0.3, -0.25) is 0 Å². The Morgan fingerprint density at radius 3 is 2.95 bits per heavy atom. The number of benzene rings is 1. The fourth-order valence-corrected chi connectivity index (χ4v) is 2.14. The number of imidazole rings is 1. The van der Waals surface area contributed by atoms with Crippen LogP contribution in [0, 0.1) is 0 Å². The van der Waals surface area contributed by atoms with Gasteiger partial charge in [-0.1, -0.05) is 6.07 Å². The number of aryl methyl sites for hydroxylation is 1. The molecule has 0 saturated heterocycles. The summed E-state index contributed by atoms with van der Waals surface area (Å²) in [5.41, 5.74) is 1.70. The number of unbranched alkanes of at least 4 members (excludes halogenated alkanes) is 2. The second-order valence-electron chi connectivity index (χ2n) is 4.47. The molecule has 2 rings (SSSR count). The predicted molar refractivity (Wildman–Crippen MR) is 72.4 cm³/mol. The third-order valence-electron chi connectivity index (χ3n) is 3.13. The van der Waals surface area contributed by atoms with E-state index < -0.39 is 5.97 Å². The highest BCUT2D eigenvalue weighted by molar-refractivity contribution is 6.00. The second-order valence-corrected chi connectivity index (χ2v) is 4.47. The minimum absolute atomic E-state index is 0.260. The highest BCUT2D eigenvalue weighted by Gasteiger charge is 2.11. The first kappa shape index (κ1) is 13.5. The summed E-state index contributed by atoms with van der Waals surface area (Å²) in [6.07, 6.45) is 4.88. The van der Waals surface area contributed by atoms with Crippen LogP contribution in [0.25, 0.3) is 11.0 Å². The number of ether oxygens (including phenoxy) is 1. The average Bonchev–Trinajstić information content (AvgIpc) is 2.81. The Hall–Kier alpha value is -1.88. The smallest absolute Gasteiger partial charge is 0.337 e. The number of carbonyl (C=O) groups is 1. The molecule has 0 radical (unpaired) electrons. The summed E-state index contributed by atoms with van der Waals surface area (Å²) in [6, 6.07) is 5.25. The number of methoxy groups -OCH3 is 1. The second kappa shape index (κ2) is 6.33. The van der Waals surface area contributed by atoms with Crippen LogP contribution in [0.5, 0.6) is 0 Å². The van der Waals surface area contributed by atoms with Gasteiger partial charge >= 0.3 is 5.97 Å². The summed E-state index contributed by atoms with van der Waals surface area (Å²) in [4.78, 5) is 15.3. The number of hydrogen-bond acceptors (Lipinski definition) is 3. The summed E-state index contributed by atoms with van der Waals surface area (Å²) >= 11 is 0. The van der Waals surface area contributed by atoms with Crippen molar-refractivity contribution in [1.29, 1.82) is 0 Å². The van der Waals surface area contributed by atoms with Gasteiger partial charge in [0.1, 0.15) is 5.52 Å². The maximum atomic E-state index is 11.1. The predicted octanol–water partition coefficient (Wildman–Crippen LogP) is 2.55. The van der Waals surface area contributed by atoms with Crippen LogP contribution in [-0.4, -0.2) is 34.3 Å². The molecule has 5 heteroatoms. The van der Waals surface area contributed by atoms with Crippen LogP contribution in [0.4, 0.5) is 0 Å². The number of carboxylic acids is 1. The van der Waals surface area contributed by atoms with Crippen molar-refractivity contribution in [3.63, 3.8) is 0 Å². The van der Waals surface area contributed by atoms with Gasteiger partial charge in [-0.05, 0) is 31.4 Å². The molecule has 0 saturated carbocycles. The molecule has 5 nitrogen and oxygen atoms in total. The average molecular weight is 262 g/mol. The normalized spacial score (nSPS) is 11.0. The standard InChI is InChI=1S/C14H18N2O3/c1-19-9-4-2-3-8-16-10-15-13-11(14(17)18)6-5-7-12(13)16/h5-7,10H,2-4,8-9H2,1H3,(H,17,18). The molecule has 1 heterocycles. The van der Waals surface area contributed by atoms with Crippen LogP contribution in [0.15, 0.2) is 24.5 Å². The fourth-order valence-electron chi connectivity index (χ4n) is 2.14. The minimum atomic E-state index is -0.934. The van der Waals surface area contributed by atoms with Crippen molar-refractivity contribution in [2.45, 2.75) is 25.8 Å². The first-order valence-electron chi connectivity index (χ1n) is 6.40. The summed E-state index contributed by atoms with van der Waals surface area (Å²) in [5.74, 6) is -0.934. The molecule has 0 fully saturated rings. The lowest BCUT2D eigenvalue weighted by atomic mass is 10.2. The van der Waals surface area contributed by atoms with E-state index in [9.17, 15) is 4.79 Å². The van der Waals surface area contributed by atoms with E-state index in [0.29, 0.717) is 5.52 Å². The first-order chi connectivity index (χ1) is 9.24. The van der Waals surface area contributed by atoms with Gasteiger partial charge in [0.05, 0.1) is 17.4 Å². The van der Waals surface area contributed by atoms with E-state index in [2.05, 4.69) is 4.98 Å². The summed E-state index contributed by atoms with van der Waals surface area (Å²) in [5, 5.41) is 9.10. The molecule has 0 spiro atoms. The third kappa shape index (κ3) is 3.12. The van der Waals surface area contributed by atoms with E-state index in [4.69, 9.17) is 9.84 Å². The number of hydrogen-bond donors (Lipinski definition) is 1. The lowest BCUT2D eigenvalue weighted by Crippen LogP contribution is -1.99.